The summed E-state index contributed by atoms with van der Waals surface area (Å²) in [4.78, 5) is 0. The van der Waals surface area contributed by atoms with Crippen molar-refractivity contribution in [3.05, 3.63) is 35.9 Å². The standard InChI is InChI=1S/C18H28N2/c19-20-17(14-15-8-3-1-4-9-15)18(12-7-13-18)16-10-5-2-6-11-16/h2,5-6,10-11,15,17,20H,1,3-4,7-9,12-14,19H2. The van der Waals surface area contributed by atoms with Crippen molar-refractivity contribution in [2.24, 2.45) is 11.8 Å². The molecule has 2 fully saturated rings. The zero-order valence-electron chi connectivity index (χ0n) is 12.5. The van der Waals surface area contributed by atoms with Crippen molar-refractivity contribution in [2.75, 3.05) is 0 Å². The van der Waals surface area contributed by atoms with Crippen molar-refractivity contribution in [1.29, 1.82) is 0 Å². The van der Waals surface area contributed by atoms with Gasteiger partial charge in [0.15, 0.2) is 0 Å². The number of nitrogens with one attached hydrogen (secondary N) is 1. The fraction of sp³-hybridized carbons (Fsp3) is 0.667. The second-order valence-electron chi connectivity index (χ2n) is 6.83. The van der Waals surface area contributed by atoms with E-state index >= 15 is 0 Å². The summed E-state index contributed by atoms with van der Waals surface area (Å²) in [5.74, 6) is 6.85. The number of nitrogens with two attached hydrogens (primary N) is 1. The summed E-state index contributed by atoms with van der Waals surface area (Å²) in [7, 11) is 0. The van der Waals surface area contributed by atoms with Crippen LogP contribution in [-0.4, -0.2) is 6.04 Å². The summed E-state index contributed by atoms with van der Waals surface area (Å²) in [6, 6.07) is 11.5. The Labute approximate surface area is 123 Å². The molecule has 3 N–H and O–H groups in total. The molecule has 3 rings (SSSR count). The van der Waals surface area contributed by atoms with Crippen LogP contribution in [0.15, 0.2) is 30.3 Å². The molecule has 2 aliphatic carbocycles. The highest BCUT2D eigenvalue weighted by molar-refractivity contribution is 5.30. The van der Waals surface area contributed by atoms with Crippen LogP contribution in [0.2, 0.25) is 0 Å². The van der Waals surface area contributed by atoms with Crippen LogP contribution in [0.5, 0.6) is 0 Å². The number of benzene rings is 1. The van der Waals surface area contributed by atoms with E-state index in [0.29, 0.717) is 11.5 Å². The van der Waals surface area contributed by atoms with Gasteiger partial charge in [-0.3, -0.25) is 11.3 Å². The molecule has 1 aromatic rings. The SMILES string of the molecule is NNC(CC1CCCCC1)C1(c2ccccc2)CCC1. The lowest BCUT2D eigenvalue weighted by molar-refractivity contribution is 0.138. The number of hydrazine groups is 1. The lowest BCUT2D eigenvalue weighted by Gasteiger charge is -2.49. The molecule has 2 aliphatic rings. The minimum Gasteiger partial charge on any atom is -0.271 e. The van der Waals surface area contributed by atoms with E-state index < -0.39 is 0 Å². The Bertz CT molecular complexity index is 405. The van der Waals surface area contributed by atoms with E-state index in [4.69, 9.17) is 5.84 Å². The van der Waals surface area contributed by atoms with Gasteiger partial charge < -0.3 is 0 Å². The van der Waals surface area contributed by atoms with E-state index in [2.05, 4.69) is 35.8 Å². The van der Waals surface area contributed by atoms with Gasteiger partial charge >= 0.3 is 0 Å². The van der Waals surface area contributed by atoms with E-state index in [1.165, 1.54) is 63.4 Å². The van der Waals surface area contributed by atoms with Gasteiger partial charge in [-0.1, -0.05) is 68.9 Å². The Balaban J connectivity index is 1.75. The molecule has 20 heavy (non-hydrogen) atoms. The van der Waals surface area contributed by atoms with Gasteiger partial charge in [-0.05, 0) is 30.7 Å². The highest BCUT2D eigenvalue weighted by Crippen LogP contribution is 2.48. The summed E-state index contributed by atoms with van der Waals surface area (Å²) in [6.45, 7) is 0. The van der Waals surface area contributed by atoms with Crippen molar-refractivity contribution in [3.63, 3.8) is 0 Å². The van der Waals surface area contributed by atoms with Gasteiger partial charge in [0.05, 0.1) is 0 Å². The summed E-state index contributed by atoms with van der Waals surface area (Å²) >= 11 is 0. The maximum atomic E-state index is 5.97. The minimum atomic E-state index is 0.299. The predicted molar refractivity (Wildman–Crippen MR) is 84.3 cm³/mol. The predicted octanol–water partition coefficient (Wildman–Crippen LogP) is 3.91. The van der Waals surface area contributed by atoms with E-state index in [0.717, 1.165) is 5.92 Å². The Morgan fingerprint density at radius 2 is 1.75 bits per heavy atom. The second-order valence-corrected chi connectivity index (χ2v) is 6.83. The van der Waals surface area contributed by atoms with E-state index in [9.17, 15) is 0 Å². The molecule has 0 aromatic heterocycles. The molecule has 0 spiro atoms. The highest BCUT2D eigenvalue weighted by atomic mass is 15.2. The zero-order valence-corrected chi connectivity index (χ0v) is 12.5. The summed E-state index contributed by atoms with van der Waals surface area (Å²) in [6.07, 6.45) is 12.3. The molecule has 0 amide bonds. The average molecular weight is 272 g/mol. The monoisotopic (exact) mass is 272 g/mol. The van der Waals surface area contributed by atoms with Crippen LogP contribution in [0.1, 0.15) is 63.4 Å². The van der Waals surface area contributed by atoms with Gasteiger partial charge in [0.25, 0.3) is 0 Å². The highest BCUT2D eigenvalue weighted by Gasteiger charge is 2.45. The molecular weight excluding hydrogens is 244 g/mol. The van der Waals surface area contributed by atoms with E-state index in [1.807, 2.05) is 0 Å². The van der Waals surface area contributed by atoms with E-state index in [1.54, 1.807) is 0 Å². The first-order chi connectivity index (χ1) is 9.85. The third kappa shape index (κ3) is 2.64. The molecule has 1 unspecified atom stereocenters. The molecule has 0 aliphatic heterocycles. The van der Waals surface area contributed by atoms with Crippen molar-refractivity contribution in [2.45, 2.75) is 69.2 Å². The Morgan fingerprint density at radius 1 is 1.05 bits per heavy atom. The third-order valence-electron chi connectivity index (χ3n) is 5.76. The number of hydrogen-bond acceptors (Lipinski definition) is 2. The molecule has 1 aromatic carbocycles. The molecule has 0 saturated heterocycles. The molecule has 2 nitrogen and oxygen atoms in total. The van der Waals surface area contributed by atoms with Gasteiger partial charge in [-0.2, -0.15) is 0 Å². The average Bonchev–Trinajstić information content (AvgIpc) is 2.47. The van der Waals surface area contributed by atoms with Crippen LogP contribution in [0.3, 0.4) is 0 Å². The molecule has 2 saturated carbocycles. The fourth-order valence-electron chi connectivity index (χ4n) is 4.38. The largest absolute Gasteiger partial charge is 0.271 e. The second kappa shape index (κ2) is 6.28. The van der Waals surface area contributed by atoms with Crippen LogP contribution in [-0.2, 0) is 5.41 Å². The minimum absolute atomic E-state index is 0.299. The smallest absolute Gasteiger partial charge is 0.0310 e. The normalized spacial score (nSPS) is 24.1. The van der Waals surface area contributed by atoms with Gasteiger partial charge in [0.2, 0.25) is 0 Å². The molecule has 0 bridgehead atoms. The number of hydrogen-bond donors (Lipinski definition) is 2. The molecule has 2 heteroatoms. The molecule has 0 radical (unpaired) electrons. The van der Waals surface area contributed by atoms with Crippen molar-refractivity contribution in [3.8, 4) is 0 Å². The van der Waals surface area contributed by atoms with Crippen LogP contribution < -0.4 is 11.3 Å². The quantitative estimate of drug-likeness (QED) is 0.630. The number of rotatable bonds is 5. The summed E-state index contributed by atoms with van der Waals surface area (Å²) < 4.78 is 0. The maximum absolute atomic E-state index is 5.97. The fourth-order valence-corrected chi connectivity index (χ4v) is 4.38. The van der Waals surface area contributed by atoms with Crippen LogP contribution in [0.4, 0.5) is 0 Å². The first-order valence-electron chi connectivity index (χ1n) is 8.37. The van der Waals surface area contributed by atoms with Crippen LogP contribution in [0, 0.1) is 5.92 Å². The van der Waals surface area contributed by atoms with Gasteiger partial charge in [0, 0.05) is 11.5 Å². The Kier molecular flexibility index (Phi) is 4.42. The molecule has 0 heterocycles. The zero-order chi connectivity index (χ0) is 13.8. The lowest BCUT2D eigenvalue weighted by atomic mass is 9.58. The summed E-state index contributed by atoms with van der Waals surface area (Å²) in [5, 5.41) is 0. The molecule has 110 valence electrons. The topological polar surface area (TPSA) is 38.0 Å². The van der Waals surface area contributed by atoms with Crippen LogP contribution >= 0.6 is 0 Å². The molecule has 1 atom stereocenters. The van der Waals surface area contributed by atoms with Gasteiger partial charge in [-0.25, -0.2) is 0 Å². The molecular formula is C18H28N2. The van der Waals surface area contributed by atoms with Crippen molar-refractivity contribution < 1.29 is 0 Å². The Hall–Kier alpha value is -0.860. The lowest BCUT2D eigenvalue weighted by Crippen LogP contribution is -2.55. The Morgan fingerprint density at radius 3 is 2.30 bits per heavy atom. The van der Waals surface area contributed by atoms with Gasteiger partial charge in [-0.15, -0.1) is 0 Å². The van der Waals surface area contributed by atoms with Crippen LogP contribution in [0.25, 0.3) is 0 Å². The third-order valence-corrected chi connectivity index (χ3v) is 5.76. The maximum Gasteiger partial charge on any atom is 0.0310 e. The van der Waals surface area contributed by atoms with Crippen molar-refractivity contribution in [1.82, 2.24) is 5.43 Å². The first kappa shape index (κ1) is 14.1. The van der Waals surface area contributed by atoms with E-state index in [-0.39, 0.29) is 0 Å². The van der Waals surface area contributed by atoms with Crippen molar-refractivity contribution >= 4 is 0 Å². The summed E-state index contributed by atoms with van der Waals surface area (Å²) in [5.41, 5.74) is 4.98. The first-order valence-corrected chi connectivity index (χ1v) is 8.37. The van der Waals surface area contributed by atoms with Gasteiger partial charge in [0.1, 0.15) is 0 Å².